The number of hydrogen-bond acceptors (Lipinski definition) is 3. The number of hydrogen-bond donors (Lipinski definition) is 2. The fourth-order valence-electron chi connectivity index (χ4n) is 2.06. The van der Waals surface area contributed by atoms with Gasteiger partial charge in [-0.15, -0.1) is 0 Å². The summed E-state index contributed by atoms with van der Waals surface area (Å²) < 4.78 is 11.2. The van der Waals surface area contributed by atoms with Crippen LogP contribution >= 0.6 is 0 Å². The van der Waals surface area contributed by atoms with Crippen LogP contribution in [-0.2, 0) is 0 Å². The molecular weight excluding hydrogens is 256 g/mol. The quantitative estimate of drug-likeness (QED) is 0.695. The molecule has 2 aromatic carbocycles. The second kappa shape index (κ2) is 4.74. The molecule has 1 aromatic heterocycles. The maximum Gasteiger partial charge on any atom is 0.402 e. The molecule has 0 spiro atoms. The first-order valence-corrected chi connectivity index (χ1v) is 6.10. The first-order chi connectivity index (χ1) is 9.67. The van der Waals surface area contributed by atoms with E-state index in [1.165, 1.54) is 0 Å². The minimum absolute atomic E-state index is 0.142. The van der Waals surface area contributed by atoms with Crippen molar-refractivity contribution in [1.82, 2.24) is 0 Å². The van der Waals surface area contributed by atoms with E-state index in [4.69, 9.17) is 9.15 Å². The van der Waals surface area contributed by atoms with E-state index in [0.717, 1.165) is 10.9 Å². The van der Waals surface area contributed by atoms with Crippen molar-refractivity contribution in [2.45, 2.75) is 0 Å². The Hall–Kier alpha value is -2.75. The van der Waals surface area contributed by atoms with Gasteiger partial charge in [0, 0.05) is 6.07 Å². The molecule has 2 N–H and O–H groups in total. The van der Waals surface area contributed by atoms with Crippen LogP contribution in [0, 0.1) is 0 Å². The van der Waals surface area contributed by atoms with Gasteiger partial charge in [0.15, 0.2) is 0 Å². The van der Waals surface area contributed by atoms with Gasteiger partial charge in [-0.2, -0.15) is 0 Å². The van der Waals surface area contributed by atoms with Crippen molar-refractivity contribution in [3.63, 3.8) is 0 Å². The molecule has 3 aromatic rings. The number of phenolic OH excluding ortho intramolecular Hbond substituents is 2. The molecular formula is C16H13O4+. The Bertz CT molecular complexity index is 763. The Morgan fingerprint density at radius 3 is 2.30 bits per heavy atom. The molecule has 4 nitrogen and oxygen atoms in total. The number of phenols is 2. The highest BCUT2D eigenvalue weighted by molar-refractivity contribution is 5.83. The Balaban J connectivity index is 2.24. The fraction of sp³-hybridized carbons (Fsp3) is 0.0625. The van der Waals surface area contributed by atoms with Gasteiger partial charge >= 0.3 is 11.3 Å². The van der Waals surface area contributed by atoms with E-state index in [0.29, 0.717) is 17.1 Å². The summed E-state index contributed by atoms with van der Waals surface area (Å²) in [6, 6.07) is 13.4. The summed E-state index contributed by atoms with van der Waals surface area (Å²) in [4.78, 5) is 0. The van der Waals surface area contributed by atoms with Crippen molar-refractivity contribution in [1.29, 1.82) is 0 Å². The van der Waals surface area contributed by atoms with E-state index in [1.54, 1.807) is 49.6 Å². The predicted octanol–water partition coefficient (Wildman–Crippen LogP) is 3.80. The zero-order valence-electron chi connectivity index (χ0n) is 10.8. The highest BCUT2D eigenvalue weighted by atomic mass is 16.5. The van der Waals surface area contributed by atoms with Gasteiger partial charge in [-0.1, -0.05) is 0 Å². The SMILES string of the molecule is COc1cc2ccc(O)cc2[o+]c1-c1ccc(O)cc1. The molecule has 4 heteroatoms. The van der Waals surface area contributed by atoms with Crippen molar-refractivity contribution in [3.05, 3.63) is 48.5 Å². The average Bonchev–Trinajstić information content (AvgIpc) is 2.46. The third-order valence-corrected chi connectivity index (χ3v) is 3.07. The molecule has 3 rings (SSSR count). The number of fused-ring (bicyclic) bond motifs is 1. The van der Waals surface area contributed by atoms with E-state index >= 15 is 0 Å². The number of aromatic hydroxyl groups is 2. The summed E-state index contributed by atoms with van der Waals surface area (Å²) in [6.45, 7) is 0. The van der Waals surface area contributed by atoms with Crippen molar-refractivity contribution < 1.29 is 19.4 Å². The molecule has 0 aliphatic rings. The molecule has 0 saturated heterocycles. The lowest BCUT2D eigenvalue weighted by Gasteiger charge is -2.01. The number of ether oxygens (including phenoxy) is 1. The number of rotatable bonds is 2. The lowest BCUT2D eigenvalue weighted by molar-refractivity contribution is 0.402. The minimum atomic E-state index is 0.142. The number of benzene rings is 2. The van der Waals surface area contributed by atoms with Gasteiger partial charge in [-0.05, 0) is 36.4 Å². The van der Waals surface area contributed by atoms with Crippen LogP contribution in [0.3, 0.4) is 0 Å². The topological polar surface area (TPSA) is 61.0 Å². The zero-order chi connectivity index (χ0) is 14.1. The summed E-state index contributed by atoms with van der Waals surface area (Å²) in [5, 5.41) is 19.7. The first kappa shape index (κ1) is 12.3. The molecule has 20 heavy (non-hydrogen) atoms. The van der Waals surface area contributed by atoms with Gasteiger partial charge in [0.05, 0.1) is 24.1 Å². The summed E-state index contributed by atoms with van der Waals surface area (Å²) in [5.74, 6) is 1.47. The van der Waals surface area contributed by atoms with Crippen molar-refractivity contribution in [2.75, 3.05) is 7.11 Å². The standard InChI is InChI=1S/C16H12O4/c1-19-15-8-11-4-7-13(18)9-14(11)20-16(15)10-2-5-12(17)6-3-10/h2-9H,1H3,(H-,17,18)/p+1. The molecule has 0 atom stereocenters. The van der Waals surface area contributed by atoms with Gasteiger partial charge < -0.3 is 14.9 Å². The third-order valence-electron chi connectivity index (χ3n) is 3.07. The smallest absolute Gasteiger partial charge is 0.402 e. The second-order valence-corrected chi connectivity index (χ2v) is 4.41. The van der Waals surface area contributed by atoms with Crippen LogP contribution < -0.4 is 4.74 Å². The van der Waals surface area contributed by atoms with Crippen LogP contribution in [0.4, 0.5) is 0 Å². The van der Waals surface area contributed by atoms with E-state index < -0.39 is 0 Å². The fourth-order valence-corrected chi connectivity index (χ4v) is 2.06. The van der Waals surface area contributed by atoms with Gasteiger partial charge in [-0.3, -0.25) is 0 Å². The first-order valence-electron chi connectivity index (χ1n) is 6.10. The second-order valence-electron chi connectivity index (χ2n) is 4.41. The van der Waals surface area contributed by atoms with Crippen LogP contribution in [0.1, 0.15) is 0 Å². The maximum atomic E-state index is 9.53. The molecule has 1 heterocycles. The predicted molar refractivity (Wildman–Crippen MR) is 75.9 cm³/mol. The van der Waals surface area contributed by atoms with Gasteiger partial charge in [-0.25, -0.2) is 4.42 Å². The van der Waals surface area contributed by atoms with Gasteiger partial charge in [0.1, 0.15) is 11.5 Å². The zero-order valence-corrected chi connectivity index (χ0v) is 10.8. The lowest BCUT2D eigenvalue weighted by atomic mass is 10.1. The highest BCUT2D eigenvalue weighted by Crippen LogP contribution is 2.35. The summed E-state index contributed by atoms with van der Waals surface area (Å²) in [6.07, 6.45) is 0. The summed E-state index contributed by atoms with van der Waals surface area (Å²) >= 11 is 0. The van der Waals surface area contributed by atoms with E-state index in [2.05, 4.69) is 0 Å². The summed E-state index contributed by atoms with van der Waals surface area (Å²) in [7, 11) is 1.57. The molecule has 0 bridgehead atoms. The lowest BCUT2D eigenvalue weighted by Crippen LogP contribution is -1.88. The Morgan fingerprint density at radius 2 is 1.60 bits per heavy atom. The van der Waals surface area contributed by atoms with Crippen molar-refractivity contribution in [3.8, 4) is 28.6 Å². The normalized spacial score (nSPS) is 10.7. The number of methoxy groups -OCH3 is 1. The van der Waals surface area contributed by atoms with Gasteiger partial charge in [0.2, 0.25) is 5.75 Å². The summed E-state index contributed by atoms with van der Waals surface area (Å²) in [5.41, 5.74) is 1.35. The monoisotopic (exact) mass is 269 g/mol. The van der Waals surface area contributed by atoms with Crippen LogP contribution in [0.5, 0.6) is 17.2 Å². The molecule has 100 valence electrons. The van der Waals surface area contributed by atoms with E-state index in [9.17, 15) is 10.2 Å². The molecule has 0 amide bonds. The highest BCUT2D eigenvalue weighted by Gasteiger charge is 2.22. The molecule has 0 unspecified atom stereocenters. The Labute approximate surface area is 115 Å². The van der Waals surface area contributed by atoms with Crippen LogP contribution in [-0.4, -0.2) is 17.3 Å². The van der Waals surface area contributed by atoms with Crippen LogP contribution in [0.25, 0.3) is 22.3 Å². The Kier molecular flexibility index (Phi) is 2.91. The van der Waals surface area contributed by atoms with Crippen molar-refractivity contribution in [2.24, 2.45) is 0 Å². The molecule has 0 saturated carbocycles. The molecule has 0 aliphatic heterocycles. The molecule has 0 aliphatic carbocycles. The van der Waals surface area contributed by atoms with Crippen LogP contribution in [0.2, 0.25) is 0 Å². The molecule has 0 fully saturated rings. The maximum absolute atomic E-state index is 9.53. The Morgan fingerprint density at radius 1 is 0.900 bits per heavy atom. The molecule has 0 radical (unpaired) electrons. The van der Waals surface area contributed by atoms with Gasteiger partial charge in [0.25, 0.3) is 0 Å². The third kappa shape index (κ3) is 2.12. The van der Waals surface area contributed by atoms with E-state index in [-0.39, 0.29) is 11.5 Å². The largest absolute Gasteiger partial charge is 0.508 e. The van der Waals surface area contributed by atoms with E-state index in [1.807, 2.05) is 6.07 Å². The van der Waals surface area contributed by atoms with Crippen molar-refractivity contribution >= 4 is 11.0 Å². The minimum Gasteiger partial charge on any atom is -0.508 e. The van der Waals surface area contributed by atoms with Crippen LogP contribution in [0.15, 0.2) is 52.9 Å². The average molecular weight is 269 g/mol.